The Balaban J connectivity index is 1.75. The minimum atomic E-state index is -1.04. The van der Waals surface area contributed by atoms with Crippen molar-refractivity contribution in [2.45, 2.75) is 101 Å². The number of nitrogens with zero attached hydrogens (tertiary/aromatic N) is 3. The van der Waals surface area contributed by atoms with Crippen molar-refractivity contribution >= 4 is 17.7 Å². The second-order valence-electron chi connectivity index (χ2n) is 11.2. The minimum Gasteiger partial charge on any atom is -0.394 e. The third kappa shape index (κ3) is 4.65. The molecule has 4 aliphatic rings. The van der Waals surface area contributed by atoms with Gasteiger partial charge in [-0.05, 0) is 38.5 Å². The lowest BCUT2D eigenvalue weighted by Gasteiger charge is -2.42. The fourth-order valence-electron chi connectivity index (χ4n) is 7.49. The Morgan fingerprint density at radius 3 is 2.43 bits per heavy atom. The van der Waals surface area contributed by atoms with Crippen LogP contribution in [0.1, 0.15) is 71.6 Å². The van der Waals surface area contributed by atoms with E-state index >= 15 is 0 Å². The Morgan fingerprint density at radius 2 is 1.84 bits per heavy atom. The molecule has 6 atom stereocenters. The highest BCUT2D eigenvalue weighted by Crippen LogP contribution is 2.59. The van der Waals surface area contributed by atoms with E-state index in [9.17, 15) is 19.5 Å². The van der Waals surface area contributed by atoms with E-state index in [4.69, 9.17) is 4.74 Å². The lowest BCUT2D eigenvalue weighted by atomic mass is 9.70. The second-order valence-corrected chi connectivity index (χ2v) is 11.2. The summed E-state index contributed by atoms with van der Waals surface area (Å²) in [4.78, 5) is 47.8. The smallest absolute Gasteiger partial charge is 0.248 e. The van der Waals surface area contributed by atoms with Gasteiger partial charge in [0.2, 0.25) is 17.7 Å². The first-order chi connectivity index (χ1) is 17.9. The van der Waals surface area contributed by atoms with Gasteiger partial charge in [0.25, 0.3) is 0 Å². The molecule has 206 valence electrons. The first-order valence-electron chi connectivity index (χ1n) is 14.3. The summed E-state index contributed by atoms with van der Waals surface area (Å²) in [6, 6.07) is -1.24. The molecule has 1 aliphatic carbocycles. The zero-order chi connectivity index (χ0) is 26.7. The maximum absolute atomic E-state index is 14.5. The quantitative estimate of drug-likeness (QED) is 0.404. The van der Waals surface area contributed by atoms with Gasteiger partial charge in [-0.15, -0.1) is 13.2 Å². The van der Waals surface area contributed by atoms with Gasteiger partial charge < -0.3 is 24.5 Å². The summed E-state index contributed by atoms with van der Waals surface area (Å²) in [5, 5.41) is 10.3. The monoisotopic (exact) mass is 515 g/mol. The highest BCUT2D eigenvalue weighted by atomic mass is 16.5. The number of rotatable bonds is 12. The van der Waals surface area contributed by atoms with Gasteiger partial charge in [-0.2, -0.15) is 0 Å². The first kappa shape index (κ1) is 27.8. The summed E-state index contributed by atoms with van der Waals surface area (Å²) >= 11 is 0. The molecule has 3 saturated heterocycles. The lowest BCUT2D eigenvalue weighted by molar-refractivity contribution is -0.153. The Labute approximate surface area is 221 Å². The molecular formula is C29H45N3O5. The van der Waals surface area contributed by atoms with Crippen molar-refractivity contribution in [3.05, 3.63) is 25.3 Å². The average molecular weight is 516 g/mol. The van der Waals surface area contributed by atoms with Gasteiger partial charge in [-0.3, -0.25) is 14.4 Å². The highest BCUT2D eigenvalue weighted by molar-refractivity contribution is 5.99. The van der Waals surface area contributed by atoms with Gasteiger partial charge in [0.1, 0.15) is 11.6 Å². The fourth-order valence-corrected chi connectivity index (χ4v) is 7.49. The third-order valence-electron chi connectivity index (χ3n) is 9.11. The topological polar surface area (TPSA) is 90.4 Å². The van der Waals surface area contributed by atoms with Crippen LogP contribution in [-0.4, -0.2) is 93.6 Å². The molecule has 8 heteroatoms. The molecule has 0 aromatic rings. The van der Waals surface area contributed by atoms with Crippen LogP contribution in [0.3, 0.4) is 0 Å². The molecule has 1 spiro atoms. The van der Waals surface area contributed by atoms with Gasteiger partial charge in [0.15, 0.2) is 0 Å². The van der Waals surface area contributed by atoms with Crippen molar-refractivity contribution in [2.24, 2.45) is 11.8 Å². The summed E-state index contributed by atoms with van der Waals surface area (Å²) in [5.74, 6) is -1.77. The fraction of sp³-hybridized carbons (Fsp3) is 0.759. The Morgan fingerprint density at radius 1 is 1.14 bits per heavy atom. The zero-order valence-electron chi connectivity index (χ0n) is 22.6. The van der Waals surface area contributed by atoms with E-state index in [2.05, 4.69) is 13.2 Å². The van der Waals surface area contributed by atoms with Gasteiger partial charge in [-0.25, -0.2) is 0 Å². The van der Waals surface area contributed by atoms with Crippen LogP contribution in [0.15, 0.2) is 25.3 Å². The highest BCUT2D eigenvalue weighted by Gasteiger charge is 2.75. The number of hydrogen-bond donors (Lipinski definition) is 1. The summed E-state index contributed by atoms with van der Waals surface area (Å²) in [6.07, 6.45) is 10.8. The van der Waals surface area contributed by atoms with E-state index < -0.39 is 29.5 Å². The first-order valence-corrected chi connectivity index (χ1v) is 14.3. The van der Waals surface area contributed by atoms with Gasteiger partial charge >= 0.3 is 0 Å². The van der Waals surface area contributed by atoms with Crippen LogP contribution < -0.4 is 0 Å². The van der Waals surface area contributed by atoms with E-state index in [1.807, 2.05) is 18.7 Å². The minimum absolute atomic E-state index is 0.0907. The average Bonchev–Trinajstić information content (AvgIpc) is 3.55. The van der Waals surface area contributed by atoms with Crippen LogP contribution in [-0.2, 0) is 19.1 Å². The number of amides is 3. The molecule has 37 heavy (non-hydrogen) atoms. The summed E-state index contributed by atoms with van der Waals surface area (Å²) in [5.41, 5.74) is -1.04. The van der Waals surface area contributed by atoms with E-state index in [1.165, 1.54) is 6.42 Å². The molecule has 4 fully saturated rings. The number of carbonyl (C=O) groups excluding carboxylic acids is 3. The molecule has 0 aromatic heterocycles. The molecule has 0 radical (unpaired) electrons. The van der Waals surface area contributed by atoms with Crippen molar-refractivity contribution in [1.29, 1.82) is 0 Å². The summed E-state index contributed by atoms with van der Waals surface area (Å²) in [6.45, 7) is 12.8. The van der Waals surface area contributed by atoms with Gasteiger partial charge in [-0.1, -0.05) is 45.3 Å². The third-order valence-corrected chi connectivity index (χ3v) is 9.11. The van der Waals surface area contributed by atoms with Crippen LogP contribution >= 0.6 is 0 Å². The molecule has 1 saturated carbocycles. The van der Waals surface area contributed by atoms with E-state index in [0.717, 1.165) is 32.1 Å². The number of hydrogen-bond acceptors (Lipinski definition) is 5. The summed E-state index contributed by atoms with van der Waals surface area (Å²) < 4.78 is 6.62. The Bertz CT molecular complexity index is 883. The summed E-state index contributed by atoms with van der Waals surface area (Å²) in [7, 11) is 0. The molecule has 3 amide bonds. The lowest BCUT2D eigenvalue weighted by Crippen LogP contribution is -2.60. The maximum Gasteiger partial charge on any atom is 0.248 e. The predicted octanol–water partition coefficient (Wildman–Crippen LogP) is 2.90. The standard InChI is InChI=1S/C29H45N3O5/c1-5-16-30(17-6-2)26(34)23-22-14-15-29(37-22)24(23)27(35)32(20(8-4)19-33)25(29)28(36)31(18-7-3)21-12-10-9-11-13-21/h5,7,20-25,33H,1,3,6,8-19H2,2,4H3/t20-,22-,23+,24-,25?,29?/m0/s1. The second kappa shape index (κ2) is 11.7. The molecule has 2 bridgehead atoms. The Hall–Kier alpha value is -2.19. The van der Waals surface area contributed by atoms with Gasteiger partial charge in [0, 0.05) is 25.7 Å². The van der Waals surface area contributed by atoms with Crippen LogP contribution in [0, 0.1) is 11.8 Å². The maximum atomic E-state index is 14.5. The number of aliphatic hydroxyl groups excluding tert-OH is 1. The van der Waals surface area contributed by atoms with Crippen molar-refractivity contribution in [3.63, 3.8) is 0 Å². The van der Waals surface area contributed by atoms with Crippen LogP contribution in [0.4, 0.5) is 0 Å². The number of ether oxygens (including phenoxy) is 1. The number of fused-ring (bicyclic) bond motifs is 1. The largest absolute Gasteiger partial charge is 0.394 e. The molecule has 0 aromatic carbocycles. The molecule has 1 N–H and O–H groups in total. The van der Waals surface area contributed by atoms with Crippen molar-refractivity contribution in [1.82, 2.24) is 14.7 Å². The molecule has 3 aliphatic heterocycles. The molecule has 3 heterocycles. The van der Waals surface area contributed by atoms with Gasteiger partial charge in [0.05, 0.1) is 30.6 Å². The predicted molar refractivity (Wildman–Crippen MR) is 141 cm³/mol. The van der Waals surface area contributed by atoms with Crippen LogP contribution in [0.2, 0.25) is 0 Å². The SMILES string of the molecule is C=CCN(CCC)C(=O)[C@@H]1[C@@H]2CCC3(O2)C(C(=O)N(CC=C)C2CCCCC2)N([C@@H](CC)CO)C(=O)[C@H]13. The number of carbonyl (C=O) groups is 3. The van der Waals surface area contributed by atoms with E-state index in [-0.39, 0.29) is 36.5 Å². The van der Waals surface area contributed by atoms with Crippen LogP contribution in [0.5, 0.6) is 0 Å². The number of likely N-dealkylation sites (tertiary alicyclic amines) is 1. The van der Waals surface area contributed by atoms with Crippen molar-refractivity contribution in [3.8, 4) is 0 Å². The zero-order valence-corrected chi connectivity index (χ0v) is 22.6. The van der Waals surface area contributed by atoms with E-state index in [1.54, 1.807) is 22.0 Å². The van der Waals surface area contributed by atoms with E-state index in [0.29, 0.717) is 38.9 Å². The van der Waals surface area contributed by atoms with Crippen LogP contribution in [0.25, 0.3) is 0 Å². The molecule has 2 unspecified atom stereocenters. The normalized spacial score (nSPS) is 31.8. The molecule has 8 nitrogen and oxygen atoms in total. The molecule has 4 rings (SSSR count). The molecular weight excluding hydrogens is 470 g/mol. The number of aliphatic hydroxyl groups is 1. The Kier molecular flexibility index (Phi) is 8.79. The van der Waals surface area contributed by atoms with Crippen molar-refractivity contribution in [2.75, 3.05) is 26.2 Å². The van der Waals surface area contributed by atoms with Crippen molar-refractivity contribution < 1.29 is 24.2 Å².